The van der Waals surface area contributed by atoms with Crippen molar-refractivity contribution in [1.82, 2.24) is 29.4 Å². The van der Waals surface area contributed by atoms with Gasteiger partial charge in [-0.05, 0) is 37.5 Å². The van der Waals surface area contributed by atoms with Gasteiger partial charge in [-0.2, -0.15) is 0 Å². The van der Waals surface area contributed by atoms with E-state index in [2.05, 4.69) is 35.6 Å². The zero-order chi connectivity index (χ0) is 29.3. The lowest BCUT2D eigenvalue weighted by molar-refractivity contribution is -0.0142. The fourth-order valence-corrected chi connectivity index (χ4v) is 5.81. The standard InChI is InChI=1S/C32H32FN7O3/c1-20-35-15-21(16-36-20)18-42-27-10-23(33)11-28(14-27)43-26-4-2-22(3-5-26)29-17-40(32-30(29)31(34)37-19-38-32)25-12-24(13-25)39-6-8-41-9-7-39/h2-5,10-11,14-17,19,24-25H,6-9,12-13,18H2,1H3,(H2,34,37,38). The van der Waals surface area contributed by atoms with Crippen LogP contribution in [0.2, 0.25) is 0 Å². The average molecular weight is 582 g/mol. The fourth-order valence-electron chi connectivity index (χ4n) is 5.81. The van der Waals surface area contributed by atoms with E-state index in [1.54, 1.807) is 18.5 Å². The predicted molar refractivity (Wildman–Crippen MR) is 159 cm³/mol. The molecule has 1 aliphatic heterocycles. The number of nitrogens with zero attached hydrogens (tertiary/aromatic N) is 6. The molecule has 7 rings (SSSR count). The van der Waals surface area contributed by atoms with Crippen molar-refractivity contribution in [3.05, 3.63) is 84.6 Å². The normalized spacial score (nSPS) is 18.8. The van der Waals surface area contributed by atoms with Gasteiger partial charge in [0.25, 0.3) is 0 Å². The largest absolute Gasteiger partial charge is 0.489 e. The maximum Gasteiger partial charge on any atom is 0.146 e. The molecule has 0 bridgehead atoms. The van der Waals surface area contributed by atoms with Gasteiger partial charge in [0.05, 0.1) is 18.6 Å². The van der Waals surface area contributed by atoms with Crippen LogP contribution in [0.4, 0.5) is 10.2 Å². The monoisotopic (exact) mass is 581 g/mol. The molecular weight excluding hydrogens is 549 g/mol. The lowest BCUT2D eigenvalue weighted by Gasteiger charge is -2.45. The molecule has 4 heterocycles. The van der Waals surface area contributed by atoms with E-state index < -0.39 is 5.82 Å². The van der Waals surface area contributed by atoms with Gasteiger partial charge < -0.3 is 24.5 Å². The van der Waals surface area contributed by atoms with Crippen LogP contribution in [-0.4, -0.2) is 61.7 Å². The molecule has 0 atom stereocenters. The van der Waals surface area contributed by atoms with Crippen molar-refractivity contribution in [2.75, 3.05) is 32.0 Å². The van der Waals surface area contributed by atoms with Crippen LogP contribution >= 0.6 is 0 Å². The molecule has 1 saturated carbocycles. The molecule has 0 amide bonds. The van der Waals surface area contributed by atoms with Crippen LogP contribution in [0.5, 0.6) is 17.2 Å². The van der Waals surface area contributed by atoms with E-state index in [9.17, 15) is 4.39 Å². The Hall–Kier alpha value is -4.61. The number of hydrogen-bond acceptors (Lipinski definition) is 9. The van der Waals surface area contributed by atoms with Crippen molar-refractivity contribution in [2.45, 2.75) is 38.5 Å². The van der Waals surface area contributed by atoms with Gasteiger partial charge in [-0.3, -0.25) is 4.90 Å². The Labute approximate surface area is 248 Å². The van der Waals surface area contributed by atoms with E-state index >= 15 is 0 Å². The minimum absolute atomic E-state index is 0.215. The van der Waals surface area contributed by atoms with Crippen LogP contribution < -0.4 is 15.2 Å². The van der Waals surface area contributed by atoms with Gasteiger partial charge in [-0.15, -0.1) is 0 Å². The summed E-state index contributed by atoms with van der Waals surface area (Å²) in [6.45, 7) is 5.62. The number of rotatable bonds is 8. The Morgan fingerprint density at radius 2 is 1.67 bits per heavy atom. The number of aromatic nitrogens is 5. The quantitative estimate of drug-likeness (QED) is 0.260. The zero-order valence-corrected chi connectivity index (χ0v) is 23.8. The first kappa shape index (κ1) is 27.2. The predicted octanol–water partition coefficient (Wildman–Crippen LogP) is 5.33. The van der Waals surface area contributed by atoms with Crippen molar-refractivity contribution >= 4 is 16.9 Å². The Kier molecular flexibility index (Phi) is 7.33. The number of morpholine rings is 1. The topological polar surface area (TPSA) is 113 Å². The summed E-state index contributed by atoms with van der Waals surface area (Å²) < 4.78 is 33.9. The van der Waals surface area contributed by atoms with Crippen LogP contribution in [-0.2, 0) is 11.3 Å². The van der Waals surface area contributed by atoms with E-state index in [0.717, 1.165) is 66.9 Å². The Balaban J connectivity index is 1.08. The Morgan fingerprint density at radius 3 is 2.44 bits per heavy atom. The Bertz CT molecular complexity index is 1730. The minimum atomic E-state index is -0.459. The fraction of sp³-hybridized carbons (Fsp3) is 0.312. The number of aryl methyl sites for hydroxylation is 1. The highest BCUT2D eigenvalue weighted by molar-refractivity contribution is 6.00. The molecule has 0 spiro atoms. The lowest BCUT2D eigenvalue weighted by atomic mass is 9.85. The third kappa shape index (κ3) is 5.73. The van der Waals surface area contributed by atoms with E-state index in [1.807, 2.05) is 31.2 Å². The first-order valence-electron chi connectivity index (χ1n) is 14.4. The van der Waals surface area contributed by atoms with Crippen molar-refractivity contribution in [1.29, 1.82) is 0 Å². The Morgan fingerprint density at radius 1 is 0.930 bits per heavy atom. The summed E-state index contributed by atoms with van der Waals surface area (Å²) in [5.74, 6) is 1.91. The smallest absolute Gasteiger partial charge is 0.146 e. The second-order valence-corrected chi connectivity index (χ2v) is 11.0. The summed E-state index contributed by atoms with van der Waals surface area (Å²) in [6.07, 6.45) is 9.17. The molecule has 43 heavy (non-hydrogen) atoms. The molecule has 2 fully saturated rings. The average Bonchev–Trinajstić information content (AvgIpc) is 3.37. The van der Waals surface area contributed by atoms with E-state index in [4.69, 9.17) is 19.9 Å². The molecule has 1 saturated heterocycles. The second-order valence-electron chi connectivity index (χ2n) is 11.0. The number of hydrogen-bond donors (Lipinski definition) is 1. The second kappa shape index (κ2) is 11.6. The van der Waals surface area contributed by atoms with Crippen molar-refractivity contribution in [2.24, 2.45) is 0 Å². The summed E-state index contributed by atoms with van der Waals surface area (Å²) in [5.41, 5.74) is 9.94. The molecule has 10 nitrogen and oxygen atoms in total. The van der Waals surface area contributed by atoms with Crippen LogP contribution in [0.15, 0.2) is 67.4 Å². The van der Waals surface area contributed by atoms with Gasteiger partial charge in [0.2, 0.25) is 0 Å². The maximum absolute atomic E-state index is 14.4. The van der Waals surface area contributed by atoms with Crippen molar-refractivity contribution in [3.63, 3.8) is 0 Å². The van der Waals surface area contributed by atoms with Gasteiger partial charge in [-0.25, -0.2) is 24.3 Å². The highest BCUT2D eigenvalue weighted by atomic mass is 19.1. The minimum Gasteiger partial charge on any atom is -0.489 e. The molecule has 0 unspecified atom stereocenters. The third-order valence-electron chi connectivity index (χ3n) is 8.17. The molecule has 5 aromatic rings. The number of ether oxygens (including phenoxy) is 3. The van der Waals surface area contributed by atoms with Crippen molar-refractivity contribution in [3.8, 4) is 28.4 Å². The number of fused-ring (bicyclic) bond motifs is 1. The SMILES string of the molecule is Cc1ncc(COc2cc(F)cc(Oc3ccc(-c4cn(C5CC(N6CCOCC6)C5)c5ncnc(N)c45)cc3)c2)cn1. The summed E-state index contributed by atoms with van der Waals surface area (Å²) in [5, 5.41) is 0.844. The van der Waals surface area contributed by atoms with Gasteiger partial charge in [-0.1, -0.05) is 12.1 Å². The van der Waals surface area contributed by atoms with E-state index in [-0.39, 0.29) is 6.61 Å². The lowest BCUT2D eigenvalue weighted by Crippen LogP contribution is -2.49. The van der Waals surface area contributed by atoms with E-state index in [1.165, 1.54) is 18.5 Å². The molecule has 2 aromatic carbocycles. The number of nitrogens with two attached hydrogens (primary N) is 1. The molecular formula is C32H32FN7O3. The number of benzene rings is 2. The summed E-state index contributed by atoms with van der Waals surface area (Å²) in [4.78, 5) is 19.7. The first-order chi connectivity index (χ1) is 21.0. The zero-order valence-electron chi connectivity index (χ0n) is 23.8. The van der Waals surface area contributed by atoms with Gasteiger partial charge in [0.15, 0.2) is 0 Å². The van der Waals surface area contributed by atoms with Gasteiger partial charge in [0, 0.05) is 73.1 Å². The molecule has 0 radical (unpaired) electrons. The maximum atomic E-state index is 14.4. The number of nitrogen functional groups attached to an aromatic ring is 1. The van der Waals surface area contributed by atoms with Crippen LogP contribution in [0.1, 0.15) is 30.3 Å². The number of anilines is 1. The summed E-state index contributed by atoms with van der Waals surface area (Å²) >= 11 is 0. The van der Waals surface area contributed by atoms with E-state index in [0.29, 0.717) is 41.0 Å². The molecule has 2 aliphatic rings. The third-order valence-corrected chi connectivity index (χ3v) is 8.17. The summed E-state index contributed by atoms with van der Waals surface area (Å²) in [6, 6.07) is 12.8. The van der Waals surface area contributed by atoms with Gasteiger partial charge in [0.1, 0.15) is 53.3 Å². The summed E-state index contributed by atoms with van der Waals surface area (Å²) in [7, 11) is 0. The molecule has 1 aliphatic carbocycles. The molecule has 11 heteroatoms. The van der Waals surface area contributed by atoms with Crippen LogP contribution in [0, 0.1) is 12.7 Å². The molecule has 220 valence electrons. The van der Waals surface area contributed by atoms with Crippen LogP contribution in [0.25, 0.3) is 22.2 Å². The highest BCUT2D eigenvalue weighted by Crippen LogP contribution is 2.42. The number of halogens is 1. The van der Waals surface area contributed by atoms with Crippen molar-refractivity contribution < 1.29 is 18.6 Å². The van der Waals surface area contributed by atoms with Crippen LogP contribution in [0.3, 0.4) is 0 Å². The first-order valence-corrected chi connectivity index (χ1v) is 14.4. The highest BCUT2D eigenvalue weighted by Gasteiger charge is 2.36. The van der Waals surface area contributed by atoms with Gasteiger partial charge >= 0.3 is 0 Å². The molecule has 3 aromatic heterocycles. The molecule has 2 N–H and O–H groups in total.